The number of alkyl halides is 1. The lowest BCUT2D eigenvalue weighted by molar-refractivity contribution is -0.209. The molecule has 4 aliphatic rings. The summed E-state index contributed by atoms with van der Waals surface area (Å²) in [6.07, 6.45) is 9.72. The van der Waals surface area contributed by atoms with Gasteiger partial charge < -0.3 is 4.74 Å². The fourth-order valence-corrected chi connectivity index (χ4v) is 8.21. The van der Waals surface area contributed by atoms with E-state index in [1.165, 1.54) is 13.0 Å². The van der Waals surface area contributed by atoms with Crippen molar-refractivity contribution < 1.29 is 18.7 Å². The maximum atomic E-state index is 17.3. The third-order valence-electron chi connectivity index (χ3n) is 8.34. The van der Waals surface area contributed by atoms with E-state index >= 15 is 4.39 Å². The van der Waals surface area contributed by atoms with Crippen LogP contribution in [0.3, 0.4) is 0 Å². The summed E-state index contributed by atoms with van der Waals surface area (Å²) in [6.45, 7) is 5.44. The Morgan fingerprint density at radius 1 is 1.32 bits per heavy atom. The van der Waals surface area contributed by atoms with Crippen molar-refractivity contribution in [3.8, 4) is 0 Å². The molecule has 4 rings (SSSR count). The van der Waals surface area contributed by atoms with Gasteiger partial charge in [-0.15, -0.1) is 11.8 Å². The van der Waals surface area contributed by atoms with Gasteiger partial charge >= 0.3 is 5.97 Å². The lowest BCUT2D eigenvalue weighted by Gasteiger charge is -2.63. The van der Waals surface area contributed by atoms with Gasteiger partial charge in [0.25, 0.3) is 0 Å². The number of rotatable bonds is 2. The van der Waals surface area contributed by atoms with Crippen LogP contribution in [0.2, 0.25) is 0 Å². The van der Waals surface area contributed by atoms with Gasteiger partial charge in [0.2, 0.25) is 0 Å². The highest BCUT2D eigenvalue weighted by molar-refractivity contribution is 8.11. The first-order valence-electron chi connectivity index (χ1n) is 10.1. The molecular formula is C22H29FO3S2. The Balaban J connectivity index is 1.87. The summed E-state index contributed by atoms with van der Waals surface area (Å²) in [5, 5.41) is 0. The van der Waals surface area contributed by atoms with Crippen molar-refractivity contribution >= 4 is 36.1 Å². The number of hydrogen-bond acceptors (Lipinski definition) is 5. The number of allylic oxidation sites excluding steroid dienone is 4. The second-order valence-electron chi connectivity index (χ2n) is 9.37. The predicted octanol–water partition coefficient (Wildman–Crippen LogP) is 4.92. The second-order valence-corrected chi connectivity index (χ2v) is 11.5. The molecule has 7 atom stereocenters. The summed E-state index contributed by atoms with van der Waals surface area (Å²) in [6, 6.07) is 0. The van der Waals surface area contributed by atoms with Crippen molar-refractivity contribution in [2.45, 2.75) is 68.7 Å². The number of esters is 1. The van der Waals surface area contributed by atoms with Crippen LogP contribution in [0, 0.1) is 22.7 Å². The van der Waals surface area contributed by atoms with Crippen LogP contribution in [0.4, 0.5) is 4.39 Å². The lowest BCUT2D eigenvalue weighted by Crippen LogP contribution is -2.68. The van der Waals surface area contributed by atoms with Crippen molar-refractivity contribution in [2.75, 3.05) is 6.26 Å². The monoisotopic (exact) mass is 424 g/mol. The number of ketones is 1. The summed E-state index contributed by atoms with van der Waals surface area (Å²) >= 11 is 6.79. The molecule has 3 fully saturated rings. The summed E-state index contributed by atoms with van der Waals surface area (Å²) in [4.78, 5) is 23.9. The zero-order valence-corrected chi connectivity index (χ0v) is 18.7. The highest BCUT2D eigenvalue weighted by atomic mass is 32.2. The molecular weight excluding hydrogens is 395 g/mol. The molecule has 0 spiro atoms. The van der Waals surface area contributed by atoms with Gasteiger partial charge in [0.05, 0.1) is 4.08 Å². The van der Waals surface area contributed by atoms with Gasteiger partial charge in [-0.25, -0.2) is 4.39 Å². The van der Waals surface area contributed by atoms with Gasteiger partial charge in [-0.05, 0) is 68.8 Å². The number of thioether (sulfide) groups is 1. The van der Waals surface area contributed by atoms with Gasteiger partial charge in [-0.2, -0.15) is 12.6 Å². The molecule has 3 nitrogen and oxygen atoms in total. The molecule has 0 bridgehead atoms. The molecule has 0 saturated heterocycles. The molecule has 0 aliphatic heterocycles. The van der Waals surface area contributed by atoms with Gasteiger partial charge in [-0.3, -0.25) is 9.59 Å². The zero-order chi connectivity index (χ0) is 20.5. The van der Waals surface area contributed by atoms with Crippen LogP contribution in [-0.4, -0.2) is 33.9 Å². The third kappa shape index (κ3) is 2.43. The standard InChI is InChI=1S/C22H29FO3S2/c1-13(24)26-18-12-20(3)16(8-10-21(20,27)28-4)17-6-5-14-11-15(25)7-9-19(14,2)22(17,18)23/h7,9,11,16-18,27H,5-6,8,10,12H2,1-4H3/t16-,17-,18-,19-,20-,21+,22?/m0/s1. The van der Waals surface area contributed by atoms with Gasteiger partial charge in [-0.1, -0.05) is 18.6 Å². The van der Waals surface area contributed by atoms with Crippen molar-refractivity contribution in [1.82, 2.24) is 0 Å². The molecule has 0 aromatic rings. The second kappa shape index (κ2) is 6.37. The van der Waals surface area contributed by atoms with E-state index in [1.807, 2.05) is 6.92 Å². The molecule has 6 heteroatoms. The first-order valence-corrected chi connectivity index (χ1v) is 11.8. The van der Waals surface area contributed by atoms with Crippen molar-refractivity contribution in [1.29, 1.82) is 0 Å². The van der Waals surface area contributed by atoms with E-state index in [-0.39, 0.29) is 27.1 Å². The van der Waals surface area contributed by atoms with E-state index in [1.54, 1.807) is 23.9 Å². The maximum Gasteiger partial charge on any atom is 0.303 e. The first kappa shape index (κ1) is 20.5. The van der Waals surface area contributed by atoms with Crippen LogP contribution in [-0.2, 0) is 14.3 Å². The molecule has 0 radical (unpaired) electrons. The Kier molecular flexibility index (Phi) is 4.67. The Labute approximate surface area is 176 Å². The number of halogens is 1. The van der Waals surface area contributed by atoms with E-state index in [9.17, 15) is 9.59 Å². The minimum absolute atomic E-state index is 0.0863. The van der Waals surface area contributed by atoms with E-state index < -0.39 is 23.2 Å². The fourth-order valence-electron chi connectivity index (χ4n) is 6.80. The highest BCUT2D eigenvalue weighted by Gasteiger charge is 2.73. The Morgan fingerprint density at radius 3 is 2.68 bits per heavy atom. The number of carbonyl (C=O) groups excluding carboxylic acids is 2. The molecule has 1 unspecified atom stereocenters. The van der Waals surface area contributed by atoms with Gasteiger partial charge in [0.15, 0.2) is 11.5 Å². The molecule has 0 aromatic heterocycles. The Morgan fingerprint density at radius 2 is 2.04 bits per heavy atom. The van der Waals surface area contributed by atoms with Crippen molar-refractivity contribution in [3.05, 3.63) is 23.8 Å². The molecule has 154 valence electrons. The highest BCUT2D eigenvalue weighted by Crippen LogP contribution is 2.72. The van der Waals surface area contributed by atoms with E-state index in [0.29, 0.717) is 19.3 Å². The van der Waals surface area contributed by atoms with Crippen LogP contribution in [0.15, 0.2) is 23.8 Å². The molecule has 4 aliphatic carbocycles. The van der Waals surface area contributed by atoms with Crippen molar-refractivity contribution in [2.24, 2.45) is 22.7 Å². The molecule has 0 aromatic carbocycles. The average molecular weight is 425 g/mol. The van der Waals surface area contributed by atoms with Crippen LogP contribution >= 0.6 is 24.4 Å². The molecule has 0 heterocycles. The summed E-state index contributed by atoms with van der Waals surface area (Å²) < 4.78 is 22.8. The average Bonchev–Trinajstić information content (AvgIpc) is 2.88. The number of thiol groups is 1. The number of carbonyl (C=O) groups is 2. The fraction of sp³-hybridized carbons (Fsp3) is 0.727. The van der Waals surface area contributed by atoms with E-state index in [4.69, 9.17) is 17.4 Å². The quantitative estimate of drug-likeness (QED) is 0.388. The smallest absolute Gasteiger partial charge is 0.303 e. The summed E-state index contributed by atoms with van der Waals surface area (Å²) in [7, 11) is 0. The SMILES string of the molecule is CS[C@]1(S)CC[C@H]2[C@@H]3CCC4=CC(=O)C=C[C@]4(C)C3(F)[C@@H](OC(C)=O)C[C@@]21C. The number of hydrogen-bond donors (Lipinski definition) is 1. The van der Waals surface area contributed by atoms with E-state index in [0.717, 1.165) is 18.4 Å². The summed E-state index contributed by atoms with van der Waals surface area (Å²) in [5.41, 5.74) is -2.03. The molecule has 0 amide bonds. The molecule has 3 saturated carbocycles. The first-order chi connectivity index (χ1) is 13.0. The van der Waals surface area contributed by atoms with Crippen LogP contribution in [0.1, 0.15) is 52.9 Å². The van der Waals surface area contributed by atoms with E-state index in [2.05, 4.69) is 13.2 Å². The minimum atomic E-state index is -1.72. The van der Waals surface area contributed by atoms with Gasteiger partial charge in [0.1, 0.15) is 6.10 Å². The predicted molar refractivity (Wildman–Crippen MR) is 113 cm³/mol. The molecule has 0 N–H and O–H groups in total. The third-order valence-corrected chi connectivity index (χ3v) is 11.0. The Bertz CT molecular complexity index is 795. The zero-order valence-electron chi connectivity index (χ0n) is 17.0. The molecule has 28 heavy (non-hydrogen) atoms. The van der Waals surface area contributed by atoms with Crippen LogP contribution in [0.5, 0.6) is 0 Å². The lowest BCUT2D eigenvalue weighted by atomic mass is 9.46. The van der Waals surface area contributed by atoms with Crippen LogP contribution < -0.4 is 0 Å². The van der Waals surface area contributed by atoms with Crippen molar-refractivity contribution in [3.63, 3.8) is 0 Å². The largest absolute Gasteiger partial charge is 0.459 e. The number of fused-ring (bicyclic) bond motifs is 5. The maximum absolute atomic E-state index is 17.3. The van der Waals surface area contributed by atoms with Gasteiger partial charge in [0, 0.05) is 18.3 Å². The Hall–Kier alpha value is -0.750. The topological polar surface area (TPSA) is 43.4 Å². The normalized spacial score (nSPS) is 49.7. The summed E-state index contributed by atoms with van der Waals surface area (Å²) in [5.74, 6) is -0.586. The van der Waals surface area contributed by atoms with Crippen LogP contribution in [0.25, 0.3) is 0 Å². The number of ether oxygens (including phenoxy) is 1. The minimum Gasteiger partial charge on any atom is -0.459 e.